The maximum Gasteiger partial charge on any atom is 0.0586 e. The van der Waals surface area contributed by atoms with E-state index in [4.69, 9.17) is 4.74 Å². The minimum atomic E-state index is 0.523. The van der Waals surface area contributed by atoms with Gasteiger partial charge in [-0.1, -0.05) is 0 Å². The summed E-state index contributed by atoms with van der Waals surface area (Å²) in [5.74, 6) is 0. The molecule has 0 amide bonds. The van der Waals surface area contributed by atoms with Crippen LogP contribution in [0.4, 0.5) is 0 Å². The Morgan fingerprint density at radius 1 is 1.08 bits per heavy atom. The molecule has 0 spiro atoms. The van der Waals surface area contributed by atoms with Crippen molar-refractivity contribution in [1.82, 2.24) is 5.32 Å². The van der Waals surface area contributed by atoms with Crippen LogP contribution in [0.2, 0.25) is 0 Å². The van der Waals surface area contributed by atoms with Gasteiger partial charge in [0.1, 0.15) is 0 Å². The highest BCUT2D eigenvalue weighted by Crippen LogP contribution is 2.25. The van der Waals surface area contributed by atoms with Crippen molar-refractivity contribution in [2.45, 2.75) is 56.7 Å². The summed E-state index contributed by atoms with van der Waals surface area (Å²) in [4.78, 5) is 0. The summed E-state index contributed by atoms with van der Waals surface area (Å²) in [6.45, 7) is 0. The molecular weight excluding hydrogens is 150 g/mol. The second-order valence-corrected chi connectivity index (χ2v) is 4.16. The van der Waals surface area contributed by atoms with E-state index >= 15 is 0 Å². The van der Waals surface area contributed by atoms with Crippen LogP contribution in [0.5, 0.6) is 0 Å². The van der Waals surface area contributed by atoms with Gasteiger partial charge in [-0.15, -0.1) is 0 Å². The summed E-state index contributed by atoms with van der Waals surface area (Å²) in [6.07, 6.45) is 8.50. The van der Waals surface area contributed by atoms with E-state index in [2.05, 4.69) is 5.32 Å². The van der Waals surface area contributed by atoms with Gasteiger partial charge in [0.2, 0.25) is 0 Å². The zero-order chi connectivity index (χ0) is 8.39. The smallest absolute Gasteiger partial charge is 0.0586 e. The molecule has 0 aromatic carbocycles. The Bertz CT molecular complexity index is 145. The van der Waals surface area contributed by atoms with Crippen molar-refractivity contribution < 1.29 is 4.74 Å². The maximum absolute atomic E-state index is 5.38. The number of ether oxygens (including phenoxy) is 1. The quantitative estimate of drug-likeness (QED) is 0.694. The molecule has 0 aliphatic heterocycles. The van der Waals surface area contributed by atoms with Crippen LogP contribution in [-0.4, -0.2) is 25.3 Å². The third kappa shape index (κ3) is 2.20. The van der Waals surface area contributed by atoms with Gasteiger partial charge in [0.05, 0.1) is 6.10 Å². The zero-order valence-electron chi connectivity index (χ0n) is 7.88. The summed E-state index contributed by atoms with van der Waals surface area (Å²) in [7, 11) is 1.84. The highest BCUT2D eigenvalue weighted by atomic mass is 16.5. The van der Waals surface area contributed by atoms with Gasteiger partial charge in [-0.25, -0.2) is 0 Å². The largest absolute Gasteiger partial charge is 0.381 e. The molecule has 0 aromatic heterocycles. The SMILES string of the molecule is COC1CCCC(NC2CC2)C1. The van der Waals surface area contributed by atoms with E-state index in [1.807, 2.05) is 7.11 Å². The molecule has 0 bridgehead atoms. The molecule has 70 valence electrons. The number of nitrogens with one attached hydrogen (secondary N) is 1. The fourth-order valence-electron chi connectivity index (χ4n) is 2.09. The molecule has 2 aliphatic carbocycles. The van der Waals surface area contributed by atoms with Crippen LogP contribution in [-0.2, 0) is 4.74 Å². The lowest BCUT2D eigenvalue weighted by Crippen LogP contribution is -2.37. The van der Waals surface area contributed by atoms with Crippen LogP contribution in [0.15, 0.2) is 0 Å². The van der Waals surface area contributed by atoms with Gasteiger partial charge in [-0.2, -0.15) is 0 Å². The van der Waals surface area contributed by atoms with Crippen molar-refractivity contribution in [3.8, 4) is 0 Å². The van der Waals surface area contributed by atoms with E-state index in [0.29, 0.717) is 6.10 Å². The minimum absolute atomic E-state index is 0.523. The monoisotopic (exact) mass is 169 g/mol. The third-order valence-corrected chi connectivity index (χ3v) is 3.01. The summed E-state index contributed by atoms with van der Waals surface area (Å²) >= 11 is 0. The summed E-state index contributed by atoms with van der Waals surface area (Å²) in [5.41, 5.74) is 0. The lowest BCUT2D eigenvalue weighted by molar-refractivity contribution is 0.0586. The highest BCUT2D eigenvalue weighted by Gasteiger charge is 2.28. The molecule has 2 nitrogen and oxygen atoms in total. The van der Waals surface area contributed by atoms with E-state index in [-0.39, 0.29) is 0 Å². The minimum Gasteiger partial charge on any atom is -0.381 e. The van der Waals surface area contributed by atoms with Crippen LogP contribution in [0, 0.1) is 0 Å². The molecule has 2 saturated carbocycles. The van der Waals surface area contributed by atoms with E-state index in [9.17, 15) is 0 Å². The summed E-state index contributed by atoms with van der Waals surface area (Å²) in [6, 6.07) is 1.60. The topological polar surface area (TPSA) is 21.3 Å². The van der Waals surface area contributed by atoms with E-state index in [1.165, 1.54) is 38.5 Å². The first-order valence-corrected chi connectivity index (χ1v) is 5.17. The Hall–Kier alpha value is -0.0800. The molecule has 1 N–H and O–H groups in total. The highest BCUT2D eigenvalue weighted by molar-refractivity contribution is 4.87. The molecule has 2 unspecified atom stereocenters. The predicted octanol–water partition coefficient (Wildman–Crippen LogP) is 1.70. The van der Waals surface area contributed by atoms with Gasteiger partial charge in [0.15, 0.2) is 0 Å². The van der Waals surface area contributed by atoms with Crippen molar-refractivity contribution in [2.75, 3.05) is 7.11 Å². The van der Waals surface area contributed by atoms with Gasteiger partial charge >= 0.3 is 0 Å². The molecule has 0 aromatic rings. The third-order valence-electron chi connectivity index (χ3n) is 3.01. The van der Waals surface area contributed by atoms with E-state index < -0.39 is 0 Å². The molecule has 2 heteroatoms. The molecule has 2 fully saturated rings. The Kier molecular flexibility index (Phi) is 2.66. The predicted molar refractivity (Wildman–Crippen MR) is 49.2 cm³/mol. The normalized spacial score (nSPS) is 36.8. The van der Waals surface area contributed by atoms with Gasteiger partial charge < -0.3 is 10.1 Å². The second-order valence-electron chi connectivity index (χ2n) is 4.16. The van der Waals surface area contributed by atoms with Gasteiger partial charge in [-0.05, 0) is 38.5 Å². The zero-order valence-corrected chi connectivity index (χ0v) is 7.88. The van der Waals surface area contributed by atoms with Gasteiger partial charge in [0.25, 0.3) is 0 Å². The molecule has 2 rings (SSSR count). The molecule has 2 atom stereocenters. The molecule has 2 aliphatic rings. The molecule has 0 radical (unpaired) electrons. The molecular formula is C10H19NO. The first-order valence-electron chi connectivity index (χ1n) is 5.17. The van der Waals surface area contributed by atoms with Gasteiger partial charge in [0, 0.05) is 19.2 Å². The van der Waals surface area contributed by atoms with Crippen LogP contribution in [0.25, 0.3) is 0 Å². The average molecular weight is 169 g/mol. The molecule has 0 heterocycles. The van der Waals surface area contributed by atoms with Crippen molar-refractivity contribution in [1.29, 1.82) is 0 Å². The number of rotatable bonds is 3. The van der Waals surface area contributed by atoms with Crippen molar-refractivity contribution in [3.63, 3.8) is 0 Å². The fourth-order valence-corrected chi connectivity index (χ4v) is 2.09. The van der Waals surface area contributed by atoms with E-state index in [0.717, 1.165) is 12.1 Å². The first kappa shape index (κ1) is 8.52. The van der Waals surface area contributed by atoms with Crippen LogP contribution in [0.3, 0.4) is 0 Å². The van der Waals surface area contributed by atoms with Crippen LogP contribution in [0.1, 0.15) is 38.5 Å². The maximum atomic E-state index is 5.38. The standard InChI is InChI=1S/C10H19NO/c1-12-10-4-2-3-9(7-10)11-8-5-6-8/h8-11H,2-7H2,1H3. The van der Waals surface area contributed by atoms with E-state index in [1.54, 1.807) is 0 Å². The Balaban J connectivity index is 1.73. The first-order chi connectivity index (χ1) is 5.88. The second kappa shape index (κ2) is 3.75. The Morgan fingerprint density at radius 3 is 2.58 bits per heavy atom. The van der Waals surface area contributed by atoms with Crippen LogP contribution >= 0.6 is 0 Å². The molecule has 0 saturated heterocycles. The van der Waals surface area contributed by atoms with Crippen molar-refractivity contribution in [3.05, 3.63) is 0 Å². The molecule has 12 heavy (non-hydrogen) atoms. The lowest BCUT2D eigenvalue weighted by atomic mass is 9.93. The number of hydrogen-bond acceptors (Lipinski definition) is 2. The fraction of sp³-hybridized carbons (Fsp3) is 1.00. The summed E-state index contributed by atoms with van der Waals surface area (Å²) in [5, 5.41) is 3.68. The lowest BCUT2D eigenvalue weighted by Gasteiger charge is -2.28. The Labute approximate surface area is 74.7 Å². The Morgan fingerprint density at radius 2 is 1.92 bits per heavy atom. The number of hydrogen-bond donors (Lipinski definition) is 1. The van der Waals surface area contributed by atoms with Crippen molar-refractivity contribution >= 4 is 0 Å². The van der Waals surface area contributed by atoms with Crippen LogP contribution < -0.4 is 5.32 Å². The average Bonchev–Trinajstić information content (AvgIpc) is 2.89. The number of methoxy groups -OCH3 is 1. The van der Waals surface area contributed by atoms with Crippen molar-refractivity contribution in [2.24, 2.45) is 0 Å². The van der Waals surface area contributed by atoms with Gasteiger partial charge in [-0.3, -0.25) is 0 Å². The summed E-state index contributed by atoms with van der Waals surface area (Å²) < 4.78 is 5.38.